The van der Waals surface area contributed by atoms with Crippen LogP contribution < -0.4 is 10.6 Å². The van der Waals surface area contributed by atoms with Crippen LogP contribution in [-0.2, 0) is 9.59 Å². The summed E-state index contributed by atoms with van der Waals surface area (Å²) in [6, 6.07) is 0. The van der Waals surface area contributed by atoms with Crippen molar-refractivity contribution >= 4 is 11.9 Å². The first kappa shape index (κ1) is 18.0. The number of hydrogen-bond donors (Lipinski definition) is 3. The predicted octanol–water partition coefficient (Wildman–Crippen LogP) is 2.02. The number of piperidine rings is 1. The van der Waals surface area contributed by atoms with Gasteiger partial charge in [-0.3, -0.25) is 9.59 Å². The number of rotatable bonds is 7. The van der Waals surface area contributed by atoms with Crippen LogP contribution in [0.3, 0.4) is 0 Å². The Labute approximate surface area is 127 Å². The monoisotopic (exact) mass is 298 g/mol. The van der Waals surface area contributed by atoms with E-state index in [1.54, 1.807) is 0 Å². The van der Waals surface area contributed by atoms with Crippen molar-refractivity contribution in [3.05, 3.63) is 0 Å². The zero-order valence-electron chi connectivity index (χ0n) is 13.8. The van der Waals surface area contributed by atoms with Crippen LogP contribution in [-0.4, -0.2) is 36.6 Å². The van der Waals surface area contributed by atoms with Gasteiger partial charge in [0.2, 0.25) is 5.91 Å². The van der Waals surface area contributed by atoms with E-state index in [2.05, 4.69) is 10.6 Å². The van der Waals surface area contributed by atoms with Crippen molar-refractivity contribution in [1.82, 2.24) is 10.6 Å². The number of carbonyl (C=O) groups is 2. The molecule has 1 atom stereocenters. The van der Waals surface area contributed by atoms with Crippen molar-refractivity contribution in [3.63, 3.8) is 0 Å². The molecule has 0 aromatic heterocycles. The lowest BCUT2D eigenvalue weighted by Crippen LogP contribution is -2.50. The van der Waals surface area contributed by atoms with Gasteiger partial charge in [-0.1, -0.05) is 27.7 Å². The normalized spacial score (nSPS) is 20.1. The molecule has 0 aromatic rings. The SMILES string of the molecule is CCC(CC)(CNC(=O)C(C)(C)C1CCCNC1)C(=O)O. The van der Waals surface area contributed by atoms with Gasteiger partial charge >= 0.3 is 5.97 Å². The Morgan fingerprint density at radius 2 is 1.90 bits per heavy atom. The number of carboxylic acid groups (broad SMARTS) is 1. The van der Waals surface area contributed by atoms with Crippen LogP contribution in [0.15, 0.2) is 0 Å². The minimum Gasteiger partial charge on any atom is -0.481 e. The topological polar surface area (TPSA) is 78.4 Å². The highest BCUT2D eigenvalue weighted by atomic mass is 16.4. The van der Waals surface area contributed by atoms with Crippen molar-refractivity contribution in [2.45, 2.75) is 53.4 Å². The molecule has 0 spiro atoms. The number of aliphatic carboxylic acids is 1. The Balaban J connectivity index is 2.68. The summed E-state index contributed by atoms with van der Waals surface area (Å²) in [6.45, 7) is 9.71. The van der Waals surface area contributed by atoms with Crippen LogP contribution >= 0.6 is 0 Å². The molecule has 1 amide bonds. The first-order valence-corrected chi connectivity index (χ1v) is 8.02. The molecule has 0 radical (unpaired) electrons. The van der Waals surface area contributed by atoms with Crippen LogP contribution in [0.1, 0.15) is 53.4 Å². The first-order valence-electron chi connectivity index (χ1n) is 8.02. The number of carbonyl (C=O) groups excluding carboxylic acids is 1. The van der Waals surface area contributed by atoms with Gasteiger partial charge in [0.1, 0.15) is 0 Å². The van der Waals surface area contributed by atoms with Gasteiger partial charge < -0.3 is 15.7 Å². The van der Waals surface area contributed by atoms with E-state index in [0.29, 0.717) is 18.8 Å². The van der Waals surface area contributed by atoms with Gasteiger partial charge in [-0.25, -0.2) is 0 Å². The highest BCUT2D eigenvalue weighted by Gasteiger charge is 2.40. The van der Waals surface area contributed by atoms with E-state index in [1.165, 1.54) is 0 Å². The molecule has 0 aliphatic carbocycles. The largest absolute Gasteiger partial charge is 0.481 e. The fraction of sp³-hybridized carbons (Fsp3) is 0.875. The zero-order chi connectivity index (χ0) is 16.1. The number of hydrogen-bond acceptors (Lipinski definition) is 3. The molecular weight excluding hydrogens is 268 g/mol. The Morgan fingerprint density at radius 1 is 1.29 bits per heavy atom. The summed E-state index contributed by atoms with van der Waals surface area (Å²) in [7, 11) is 0. The molecular formula is C16H30N2O3. The van der Waals surface area contributed by atoms with Gasteiger partial charge in [0.25, 0.3) is 0 Å². The van der Waals surface area contributed by atoms with Crippen molar-refractivity contribution in [1.29, 1.82) is 0 Å². The molecule has 1 aliphatic rings. The minimum atomic E-state index is -0.851. The van der Waals surface area contributed by atoms with Crippen LogP contribution in [0.2, 0.25) is 0 Å². The van der Waals surface area contributed by atoms with Crippen LogP contribution in [0, 0.1) is 16.7 Å². The summed E-state index contributed by atoms with van der Waals surface area (Å²) in [4.78, 5) is 24.0. The summed E-state index contributed by atoms with van der Waals surface area (Å²) >= 11 is 0. The summed E-state index contributed by atoms with van der Waals surface area (Å²) < 4.78 is 0. The van der Waals surface area contributed by atoms with Gasteiger partial charge in [0.15, 0.2) is 0 Å². The molecule has 21 heavy (non-hydrogen) atoms. The molecule has 1 aliphatic heterocycles. The second-order valence-corrected chi connectivity index (χ2v) is 6.74. The molecule has 5 heteroatoms. The van der Waals surface area contributed by atoms with Gasteiger partial charge in [0.05, 0.1) is 5.41 Å². The Morgan fingerprint density at radius 3 is 2.33 bits per heavy atom. The molecule has 3 N–H and O–H groups in total. The van der Waals surface area contributed by atoms with Gasteiger partial charge in [-0.2, -0.15) is 0 Å². The second kappa shape index (κ2) is 7.25. The van der Waals surface area contributed by atoms with E-state index in [0.717, 1.165) is 25.9 Å². The summed E-state index contributed by atoms with van der Waals surface area (Å²) in [6.07, 6.45) is 3.17. The highest BCUT2D eigenvalue weighted by Crippen LogP contribution is 2.33. The fourth-order valence-corrected chi connectivity index (χ4v) is 3.01. The quantitative estimate of drug-likeness (QED) is 0.672. The summed E-state index contributed by atoms with van der Waals surface area (Å²) in [5.41, 5.74) is -1.32. The van der Waals surface area contributed by atoms with E-state index < -0.39 is 16.8 Å². The molecule has 122 valence electrons. The van der Waals surface area contributed by atoms with Crippen molar-refractivity contribution in [2.75, 3.05) is 19.6 Å². The van der Waals surface area contributed by atoms with E-state index in [1.807, 2.05) is 27.7 Å². The first-order chi connectivity index (χ1) is 9.80. The van der Waals surface area contributed by atoms with Crippen molar-refractivity contribution in [3.8, 4) is 0 Å². The average molecular weight is 298 g/mol. The third kappa shape index (κ3) is 3.96. The van der Waals surface area contributed by atoms with Gasteiger partial charge in [-0.05, 0) is 44.7 Å². The third-order valence-corrected chi connectivity index (χ3v) is 5.30. The molecule has 1 saturated heterocycles. The van der Waals surface area contributed by atoms with E-state index in [-0.39, 0.29) is 12.5 Å². The summed E-state index contributed by atoms with van der Waals surface area (Å²) in [5.74, 6) is -0.567. The Kier molecular flexibility index (Phi) is 6.20. The Bertz CT molecular complexity index is 370. The maximum atomic E-state index is 12.5. The maximum Gasteiger partial charge on any atom is 0.311 e. The third-order valence-electron chi connectivity index (χ3n) is 5.30. The summed E-state index contributed by atoms with van der Waals surface area (Å²) in [5, 5.41) is 15.7. The van der Waals surface area contributed by atoms with Crippen LogP contribution in [0.4, 0.5) is 0 Å². The molecule has 1 fully saturated rings. The Hall–Kier alpha value is -1.10. The molecule has 5 nitrogen and oxygen atoms in total. The van der Waals surface area contributed by atoms with E-state index in [4.69, 9.17) is 0 Å². The number of carboxylic acids is 1. The second-order valence-electron chi connectivity index (χ2n) is 6.74. The fourth-order valence-electron chi connectivity index (χ4n) is 3.01. The molecule has 0 aromatic carbocycles. The van der Waals surface area contributed by atoms with Crippen LogP contribution in [0.25, 0.3) is 0 Å². The number of nitrogens with one attached hydrogen (secondary N) is 2. The standard InChI is InChI=1S/C16H30N2O3/c1-5-16(6-2,14(20)21)11-18-13(19)15(3,4)12-8-7-9-17-10-12/h12,17H,5-11H2,1-4H3,(H,18,19)(H,20,21). The lowest BCUT2D eigenvalue weighted by Gasteiger charge is -2.37. The predicted molar refractivity (Wildman–Crippen MR) is 83.0 cm³/mol. The van der Waals surface area contributed by atoms with Crippen molar-refractivity contribution < 1.29 is 14.7 Å². The van der Waals surface area contributed by atoms with Gasteiger partial charge in [0, 0.05) is 12.0 Å². The average Bonchev–Trinajstić information content (AvgIpc) is 2.49. The lowest BCUT2D eigenvalue weighted by molar-refractivity contribution is -0.149. The highest BCUT2D eigenvalue weighted by molar-refractivity contribution is 5.83. The molecule has 1 heterocycles. The molecule has 1 rings (SSSR count). The molecule has 0 saturated carbocycles. The molecule has 1 unspecified atom stereocenters. The van der Waals surface area contributed by atoms with E-state index >= 15 is 0 Å². The number of amides is 1. The van der Waals surface area contributed by atoms with Crippen molar-refractivity contribution in [2.24, 2.45) is 16.7 Å². The van der Waals surface area contributed by atoms with Crippen LogP contribution in [0.5, 0.6) is 0 Å². The van der Waals surface area contributed by atoms with Gasteiger partial charge in [-0.15, -0.1) is 0 Å². The molecule has 0 bridgehead atoms. The lowest BCUT2D eigenvalue weighted by atomic mass is 9.74. The minimum absolute atomic E-state index is 0.0382. The van der Waals surface area contributed by atoms with E-state index in [9.17, 15) is 14.7 Å². The smallest absolute Gasteiger partial charge is 0.311 e. The maximum absolute atomic E-state index is 12.5. The zero-order valence-corrected chi connectivity index (χ0v) is 13.8.